The fraction of sp³-hybridized carbons (Fsp3) is 0.700. The summed E-state index contributed by atoms with van der Waals surface area (Å²) < 4.78 is 26.6. The normalized spacial score (nSPS) is 37.6. The van der Waals surface area contributed by atoms with Gasteiger partial charge in [-0.3, -0.25) is 28.8 Å². The van der Waals surface area contributed by atoms with E-state index in [1.165, 1.54) is 14.2 Å². The Kier molecular flexibility index (Phi) is 9.53. The number of esters is 5. The number of carbonyl (C=O) groups excluding carboxylic acids is 5. The number of carbonyl (C=O) groups is 6. The predicted molar refractivity (Wildman–Crippen MR) is 183 cm³/mol. The van der Waals surface area contributed by atoms with Gasteiger partial charge in [-0.25, -0.2) is 0 Å². The molecule has 0 aromatic carbocycles. The van der Waals surface area contributed by atoms with E-state index in [2.05, 4.69) is 6.92 Å². The van der Waals surface area contributed by atoms with Gasteiger partial charge in [-0.1, -0.05) is 12.5 Å². The van der Waals surface area contributed by atoms with Crippen molar-refractivity contribution in [3.63, 3.8) is 0 Å². The van der Waals surface area contributed by atoms with E-state index in [-0.39, 0.29) is 36.9 Å². The molecule has 4 fully saturated rings. The van der Waals surface area contributed by atoms with Crippen LogP contribution in [0.15, 0.2) is 33.4 Å². The number of ether oxygens (including phenoxy) is 5. The number of cyclic esters (lactones) is 2. The van der Waals surface area contributed by atoms with Crippen LogP contribution in [0.2, 0.25) is 0 Å². The summed E-state index contributed by atoms with van der Waals surface area (Å²) in [7, 11) is 2.67. The van der Waals surface area contributed by atoms with E-state index in [0.29, 0.717) is 31.3 Å². The van der Waals surface area contributed by atoms with Gasteiger partial charge in [-0.2, -0.15) is 0 Å². The van der Waals surface area contributed by atoms with Crippen LogP contribution < -0.4 is 0 Å². The Morgan fingerprint density at radius 3 is 2.04 bits per heavy atom. The van der Waals surface area contributed by atoms with Gasteiger partial charge in [-0.15, -0.1) is 0 Å². The third-order valence-corrected chi connectivity index (χ3v) is 13.4. The topological polar surface area (TPSA) is 189 Å². The summed E-state index contributed by atoms with van der Waals surface area (Å²) in [5, 5.41) is 21.9. The van der Waals surface area contributed by atoms with Crippen LogP contribution in [0.5, 0.6) is 0 Å². The molecular formula is C40H50O13. The standard InChI is InChI=1S/C40H50O13/c1-15-17-8-19(25(41)13-26(42)53-40(3,4)5)20(9-17)27(15)31-23-12-24(33(37(46)50-7)34(23)38(47)51-14-49-6)32(31)29-18-10-21(22(11-18)35(43)44)30(29)28-16(2)36(45)52-39(28)48/h16-25,28,33-34,41H,8-14H2,1-7H3,(H,43,44). The first kappa shape index (κ1) is 37.5. The number of methoxy groups -OCH3 is 2. The summed E-state index contributed by atoms with van der Waals surface area (Å²) in [5.74, 6) is -10.5. The van der Waals surface area contributed by atoms with Crippen LogP contribution in [0.3, 0.4) is 0 Å². The highest BCUT2D eigenvalue weighted by atomic mass is 16.7. The van der Waals surface area contributed by atoms with Crippen molar-refractivity contribution in [1.29, 1.82) is 0 Å². The first-order valence-corrected chi connectivity index (χ1v) is 18.8. The maximum atomic E-state index is 13.9. The first-order valence-electron chi connectivity index (χ1n) is 18.8. The molecule has 53 heavy (non-hydrogen) atoms. The van der Waals surface area contributed by atoms with Gasteiger partial charge in [0.05, 0.1) is 49.2 Å². The number of aliphatic carboxylic acids is 1. The van der Waals surface area contributed by atoms with Crippen molar-refractivity contribution in [2.45, 2.75) is 84.8 Å². The van der Waals surface area contributed by atoms with E-state index < -0.39 is 94.9 Å². The van der Waals surface area contributed by atoms with Gasteiger partial charge in [0.1, 0.15) is 5.60 Å². The highest BCUT2D eigenvalue weighted by Gasteiger charge is 2.65. The predicted octanol–water partition coefficient (Wildman–Crippen LogP) is 3.92. The molecule has 0 aromatic rings. The number of hydrogen-bond donors (Lipinski definition) is 2. The van der Waals surface area contributed by atoms with E-state index >= 15 is 0 Å². The molecule has 1 heterocycles. The minimum atomic E-state index is -0.982. The number of allylic oxidation sites excluding steroid dienone is 5. The van der Waals surface area contributed by atoms with Crippen LogP contribution in [-0.4, -0.2) is 78.7 Å². The molecule has 2 N–H and O–H groups in total. The lowest BCUT2D eigenvalue weighted by atomic mass is 9.65. The number of aliphatic hydroxyl groups excluding tert-OH is 1. The Labute approximate surface area is 308 Å². The zero-order valence-corrected chi connectivity index (χ0v) is 31.3. The molecule has 0 amide bonds. The highest BCUT2D eigenvalue weighted by Crippen LogP contribution is 2.69. The maximum absolute atomic E-state index is 13.9. The van der Waals surface area contributed by atoms with E-state index in [4.69, 9.17) is 23.7 Å². The Balaban J connectivity index is 1.41. The number of aliphatic hydroxyl groups is 1. The molecule has 7 aliphatic rings. The first-order chi connectivity index (χ1) is 25.0. The maximum Gasteiger partial charge on any atom is 0.321 e. The van der Waals surface area contributed by atoms with Crippen molar-refractivity contribution in [2.24, 2.45) is 71.0 Å². The fourth-order valence-electron chi connectivity index (χ4n) is 11.6. The second kappa shape index (κ2) is 13.5. The quantitative estimate of drug-likeness (QED) is 0.134. The molecule has 3 saturated carbocycles. The molecule has 0 spiro atoms. The summed E-state index contributed by atoms with van der Waals surface area (Å²) in [4.78, 5) is 79.3. The zero-order valence-electron chi connectivity index (χ0n) is 31.3. The monoisotopic (exact) mass is 738 g/mol. The molecular weight excluding hydrogens is 688 g/mol. The molecule has 0 aromatic heterocycles. The summed E-state index contributed by atoms with van der Waals surface area (Å²) in [5.41, 5.74) is 4.52. The van der Waals surface area contributed by atoms with Crippen molar-refractivity contribution >= 4 is 35.8 Å². The third-order valence-electron chi connectivity index (χ3n) is 13.4. The minimum absolute atomic E-state index is 0.115. The second-order valence-electron chi connectivity index (χ2n) is 17.2. The molecule has 13 atom stereocenters. The largest absolute Gasteiger partial charge is 0.481 e. The van der Waals surface area contributed by atoms with Crippen LogP contribution in [0.25, 0.3) is 0 Å². The summed E-state index contributed by atoms with van der Waals surface area (Å²) in [6, 6.07) is 0. The fourth-order valence-corrected chi connectivity index (χ4v) is 11.6. The van der Waals surface area contributed by atoms with Gasteiger partial charge >= 0.3 is 35.8 Å². The zero-order chi connectivity index (χ0) is 38.4. The SMILES string of the molecule is COCOC(=O)C1C2CC(C(C3=C(C4C(=O)OC(=O)C4C)C4CC3CC4C(=O)O)=C2C2=C(C)C3CC2C(C(O)CC(=O)OC(C)(C)C)C3)C1C(=O)OC. The van der Waals surface area contributed by atoms with Crippen molar-refractivity contribution in [1.82, 2.24) is 0 Å². The van der Waals surface area contributed by atoms with Gasteiger partial charge in [0.2, 0.25) is 0 Å². The van der Waals surface area contributed by atoms with Crippen LogP contribution in [0, 0.1) is 71.0 Å². The number of carboxylic acids is 1. The molecule has 1 saturated heterocycles. The molecule has 13 nitrogen and oxygen atoms in total. The van der Waals surface area contributed by atoms with Gasteiger partial charge in [-0.05, 0) is 129 Å². The summed E-state index contributed by atoms with van der Waals surface area (Å²) >= 11 is 0. The minimum Gasteiger partial charge on any atom is -0.481 e. The van der Waals surface area contributed by atoms with E-state index in [0.717, 1.165) is 34.3 Å². The van der Waals surface area contributed by atoms with Gasteiger partial charge < -0.3 is 33.9 Å². The number of fused-ring (bicyclic) bond motifs is 6. The highest BCUT2D eigenvalue weighted by molar-refractivity contribution is 5.98. The molecule has 1 aliphatic heterocycles. The van der Waals surface area contributed by atoms with Crippen LogP contribution in [-0.2, 0) is 52.5 Å². The van der Waals surface area contributed by atoms with Crippen LogP contribution in [0.1, 0.15) is 73.1 Å². The Hall–Kier alpha value is -3.84. The molecule has 0 radical (unpaired) electrons. The van der Waals surface area contributed by atoms with Crippen LogP contribution in [0.4, 0.5) is 0 Å². The number of hydrogen-bond acceptors (Lipinski definition) is 12. The molecule has 6 aliphatic carbocycles. The van der Waals surface area contributed by atoms with E-state index in [1.807, 2.05) is 0 Å². The molecule has 6 bridgehead atoms. The molecule has 13 heteroatoms. The average Bonchev–Trinajstić information content (AvgIpc) is 3.94. The third kappa shape index (κ3) is 5.97. The summed E-state index contributed by atoms with van der Waals surface area (Å²) in [6.07, 6.45) is 1.49. The molecule has 13 unspecified atom stereocenters. The lowest BCUT2D eigenvalue weighted by molar-refractivity contribution is -0.167. The van der Waals surface area contributed by atoms with Gasteiger partial charge in [0, 0.05) is 7.11 Å². The van der Waals surface area contributed by atoms with Crippen molar-refractivity contribution < 1.29 is 62.7 Å². The molecule has 7 rings (SSSR count). The Morgan fingerprint density at radius 2 is 1.47 bits per heavy atom. The lowest BCUT2D eigenvalue weighted by Crippen LogP contribution is -2.40. The molecule has 288 valence electrons. The van der Waals surface area contributed by atoms with Crippen molar-refractivity contribution in [3.05, 3.63) is 33.4 Å². The lowest BCUT2D eigenvalue weighted by Gasteiger charge is -2.39. The van der Waals surface area contributed by atoms with Gasteiger partial charge in [0.15, 0.2) is 6.79 Å². The Morgan fingerprint density at radius 1 is 0.830 bits per heavy atom. The second-order valence-corrected chi connectivity index (χ2v) is 17.2. The van der Waals surface area contributed by atoms with Gasteiger partial charge in [0.25, 0.3) is 0 Å². The number of rotatable bonds is 11. The van der Waals surface area contributed by atoms with Crippen LogP contribution >= 0.6 is 0 Å². The van der Waals surface area contributed by atoms with E-state index in [1.54, 1.807) is 27.7 Å². The Bertz CT molecular complexity index is 1740. The number of carboxylic acid groups (broad SMARTS) is 1. The van der Waals surface area contributed by atoms with Crippen molar-refractivity contribution in [3.8, 4) is 0 Å². The smallest absolute Gasteiger partial charge is 0.321 e. The van der Waals surface area contributed by atoms with Crippen molar-refractivity contribution in [2.75, 3.05) is 21.0 Å². The summed E-state index contributed by atoms with van der Waals surface area (Å²) in [6.45, 7) is 8.71. The van der Waals surface area contributed by atoms with E-state index in [9.17, 15) is 39.0 Å². The average molecular weight is 739 g/mol.